The third-order valence-corrected chi connectivity index (χ3v) is 10.7. The van der Waals surface area contributed by atoms with Gasteiger partial charge >= 0.3 is 11.9 Å². The monoisotopic (exact) mass is 803 g/mol. The van der Waals surface area contributed by atoms with Crippen molar-refractivity contribution in [3.05, 3.63) is 88.3 Å². The summed E-state index contributed by atoms with van der Waals surface area (Å²) in [6.45, 7) is -0.616. The van der Waals surface area contributed by atoms with E-state index in [1.165, 1.54) is 0 Å². The van der Waals surface area contributed by atoms with Crippen LogP contribution in [0.3, 0.4) is 0 Å². The molecule has 0 atom stereocenters. The number of carbonyl (C=O) groups is 2. The Balaban J connectivity index is 1.85. The van der Waals surface area contributed by atoms with Crippen molar-refractivity contribution >= 4 is 58.9 Å². The highest BCUT2D eigenvalue weighted by Crippen LogP contribution is 2.46. The van der Waals surface area contributed by atoms with Gasteiger partial charge in [0.05, 0.1) is 27.9 Å². The van der Waals surface area contributed by atoms with Gasteiger partial charge < -0.3 is 20.0 Å². The molecule has 280 valence electrons. The summed E-state index contributed by atoms with van der Waals surface area (Å²) < 4.78 is 162. The van der Waals surface area contributed by atoms with Crippen LogP contribution in [-0.4, -0.2) is 63.7 Å². The summed E-state index contributed by atoms with van der Waals surface area (Å²) in [6.07, 6.45) is -0.454. The second kappa shape index (κ2) is 13.8. The molecule has 23 heteroatoms. The Bertz CT molecular complexity index is 2730. The first-order valence-corrected chi connectivity index (χ1v) is 18.8. The van der Waals surface area contributed by atoms with Gasteiger partial charge in [0.1, 0.15) is 4.90 Å². The van der Waals surface area contributed by atoms with Gasteiger partial charge in [-0.15, -0.1) is 0 Å². The molecular weight excluding hydrogens is 783 g/mol. The van der Waals surface area contributed by atoms with Crippen molar-refractivity contribution < 1.29 is 75.8 Å². The molecule has 0 aromatic heterocycles. The van der Waals surface area contributed by atoms with Gasteiger partial charge in [0, 0.05) is 29.1 Å². The molecule has 0 bridgehead atoms. The van der Waals surface area contributed by atoms with Crippen LogP contribution in [0.1, 0.15) is 27.1 Å². The van der Waals surface area contributed by atoms with Gasteiger partial charge in [-0.1, -0.05) is 0 Å². The number of sulfonamides is 1. The fraction of sp³-hybridized carbons (Fsp3) is 0.100. The molecule has 2 aliphatic rings. The smallest absolute Gasteiger partial charge is 0.343 e. The Labute approximate surface area is 294 Å². The number of carboxylic acid groups (broad SMARTS) is 1. The lowest BCUT2D eigenvalue weighted by atomic mass is 9.89. The first-order valence-electron chi connectivity index (χ1n) is 14.2. The lowest BCUT2D eigenvalue weighted by molar-refractivity contribution is 0.0690. The molecule has 1 heterocycles. The van der Waals surface area contributed by atoms with Crippen LogP contribution in [0.25, 0.3) is 33.4 Å². The maximum atomic E-state index is 14.3. The van der Waals surface area contributed by atoms with Crippen LogP contribution in [-0.2, 0) is 30.3 Å². The van der Waals surface area contributed by atoms with E-state index in [0.29, 0.717) is 0 Å². The number of fused-ring (bicyclic) bond motifs is 2. The zero-order valence-electron chi connectivity index (χ0n) is 26.0. The second-order valence-electron chi connectivity index (χ2n) is 10.9. The summed E-state index contributed by atoms with van der Waals surface area (Å²) >= 11 is 0. The SMILES string of the molecule is N=c1ccc2c(-c3cc(C(=O)Oc4c(F)c(F)cc(F)c4F)ccc3C(=O)O)c3ccc(N)c(S(=O)(=O)NCCCS(=O)(=O)O)c3oc-2c1S(=O)(=O)O. The molecular formula is C30H21F4N3O13S3. The van der Waals surface area contributed by atoms with Crippen LogP contribution in [0.15, 0.2) is 62.7 Å². The molecule has 5 rings (SSSR count). The van der Waals surface area contributed by atoms with Crippen molar-refractivity contribution in [3.63, 3.8) is 0 Å². The van der Waals surface area contributed by atoms with E-state index < -0.39 is 150 Å². The second-order valence-corrected chi connectivity index (χ2v) is 15.6. The van der Waals surface area contributed by atoms with Crippen molar-refractivity contribution in [2.24, 2.45) is 0 Å². The third-order valence-electron chi connectivity index (χ3n) is 7.42. The molecule has 1 aliphatic heterocycles. The number of carbonyl (C=O) groups excluding carboxylic acids is 1. The first-order chi connectivity index (χ1) is 24.5. The van der Waals surface area contributed by atoms with Gasteiger partial charge in [0.25, 0.3) is 20.2 Å². The van der Waals surface area contributed by atoms with Gasteiger partial charge in [-0.3, -0.25) is 14.5 Å². The Morgan fingerprint density at radius 2 is 1.51 bits per heavy atom. The van der Waals surface area contributed by atoms with Gasteiger partial charge in [-0.05, 0) is 54.4 Å². The summed E-state index contributed by atoms with van der Waals surface area (Å²) in [7, 11) is -14.8. The zero-order valence-corrected chi connectivity index (χ0v) is 28.4. The summed E-state index contributed by atoms with van der Waals surface area (Å²) in [6, 6.07) is 6.04. The van der Waals surface area contributed by atoms with Gasteiger partial charge in [-0.25, -0.2) is 31.5 Å². The van der Waals surface area contributed by atoms with Crippen LogP contribution in [0.4, 0.5) is 23.2 Å². The number of esters is 1. The highest BCUT2D eigenvalue weighted by molar-refractivity contribution is 7.90. The fourth-order valence-corrected chi connectivity index (χ4v) is 7.77. The average Bonchev–Trinajstić information content (AvgIpc) is 3.05. The zero-order chi connectivity index (χ0) is 39.4. The van der Waals surface area contributed by atoms with E-state index in [1.807, 2.05) is 4.72 Å². The van der Waals surface area contributed by atoms with E-state index >= 15 is 0 Å². The molecule has 0 fully saturated rings. The number of carboxylic acids is 1. The predicted molar refractivity (Wildman–Crippen MR) is 173 cm³/mol. The topological polar surface area (TPSA) is 282 Å². The summed E-state index contributed by atoms with van der Waals surface area (Å²) in [5.41, 5.74) is 1.73. The van der Waals surface area contributed by atoms with Crippen LogP contribution in [0, 0.1) is 28.7 Å². The van der Waals surface area contributed by atoms with Crippen LogP contribution in [0.5, 0.6) is 5.75 Å². The number of aromatic carboxylic acids is 1. The molecule has 16 nitrogen and oxygen atoms in total. The normalized spacial score (nSPS) is 12.3. The number of hydrogen-bond acceptors (Lipinski definition) is 12. The number of anilines is 1. The minimum atomic E-state index is -5.40. The molecule has 0 radical (unpaired) electrons. The number of ether oxygens (including phenoxy) is 1. The van der Waals surface area contributed by atoms with E-state index in [1.54, 1.807) is 0 Å². The van der Waals surface area contributed by atoms with E-state index in [4.69, 9.17) is 20.1 Å². The largest absolute Gasteiger partial charge is 0.478 e. The Kier molecular flexibility index (Phi) is 10.1. The van der Waals surface area contributed by atoms with Crippen molar-refractivity contribution in [1.82, 2.24) is 4.72 Å². The third kappa shape index (κ3) is 7.56. The number of nitrogen functional groups attached to an aromatic ring is 1. The number of halogens is 4. The molecule has 1 aliphatic carbocycles. The maximum absolute atomic E-state index is 14.3. The van der Waals surface area contributed by atoms with Crippen molar-refractivity contribution in [2.75, 3.05) is 18.0 Å². The summed E-state index contributed by atoms with van der Waals surface area (Å²) in [5.74, 6) is -15.1. The van der Waals surface area contributed by atoms with Crippen LogP contribution < -0.4 is 20.5 Å². The highest BCUT2D eigenvalue weighted by Gasteiger charge is 2.33. The predicted octanol–water partition coefficient (Wildman–Crippen LogP) is 3.54. The Morgan fingerprint density at radius 3 is 2.09 bits per heavy atom. The number of benzene rings is 4. The van der Waals surface area contributed by atoms with Gasteiger partial charge in [0.2, 0.25) is 27.4 Å². The van der Waals surface area contributed by atoms with Crippen molar-refractivity contribution in [1.29, 1.82) is 5.41 Å². The summed E-state index contributed by atoms with van der Waals surface area (Å²) in [5, 5.41) is 17.0. The highest BCUT2D eigenvalue weighted by atomic mass is 32.2. The minimum absolute atomic E-state index is 0.155. The van der Waals surface area contributed by atoms with Crippen molar-refractivity contribution in [2.45, 2.75) is 16.2 Å². The van der Waals surface area contributed by atoms with E-state index in [2.05, 4.69) is 4.74 Å². The summed E-state index contributed by atoms with van der Waals surface area (Å²) in [4.78, 5) is 23.5. The lowest BCUT2D eigenvalue weighted by Crippen LogP contribution is -2.27. The number of rotatable bonds is 11. The van der Waals surface area contributed by atoms with E-state index in [9.17, 15) is 62.1 Å². The molecule has 0 spiro atoms. The van der Waals surface area contributed by atoms with Crippen LogP contribution in [0.2, 0.25) is 0 Å². The minimum Gasteiger partial charge on any atom is -0.478 e. The quantitative estimate of drug-likeness (QED) is 0.0163. The van der Waals surface area contributed by atoms with Gasteiger partial charge in [-0.2, -0.15) is 25.6 Å². The molecule has 7 N–H and O–H groups in total. The standard InChI is InChI=1S/C30H21F4N3O13S3/c31-17-11-18(32)23(34)26(22(17)33)50-30(40)12-2-3-13(29(38)39)16(10-12)21-14-4-6-19(35)27(52(44,45)37-8-1-9-51(41,42)43)24(14)49-25-15(21)5-7-20(36)28(25)53(46,47)48/h2-7,10-11,36-37H,1,8-9,35H2,(H,38,39)(H,41,42,43)(H,46,47,48). The molecule has 0 saturated carbocycles. The maximum Gasteiger partial charge on any atom is 0.343 e. The number of nitrogens with two attached hydrogens (primary N) is 1. The molecule has 53 heavy (non-hydrogen) atoms. The number of hydrogen-bond donors (Lipinski definition) is 6. The first kappa shape index (κ1) is 38.8. The van der Waals surface area contributed by atoms with Crippen LogP contribution >= 0.6 is 0 Å². The van der Waals surface area contributed by atoms with E-state index in [0.717, 1.165) is 42.5 Å². The van der Waals surface area contributed by atoms with E-state index in [-0.39, 0.29) is 11.5 Å². The molecule has 3 aromatic rings. The molecule has 0 saturated heterocycles. The molecule has 0 amide bonds. The molecule has 3 aromatic carbocycles. The number of nitrogens with one attached hydrogen (secondary N) is 2. The lowest BCUT2D eigenvalue weighted by Gasteiger charge is -2.21. The van der Waals surface area contributed by atoms with Gasteiger partial charge in [0.15, 0.2) is 27.9 Å². The fourth-order valence-electron chi connectivity index (χ4n) is 5.20. The Hall–Kier alpha value is -5.46. The van der Waals surface area contributed by atoms with Crippen molar-refractivity contribution in [3.8, 4) is 28.2 Å². The average molecular weight is 804 g/mol. The Morgan fingerprint density at radius 1 is 0.868 bits per heavy atom. The molecule has 0 unspecified atom stereocenters.